The van der Waals surface area contributed by atoms with Gasteiger partial charge < -0.3 is 15.2 Å². The van der Waals surface area contributed by atoms with Gasteiger partial charge in [-0.2, -0.15) is 0 Å². The molecule has 2 aromatic rings. The van der Waals surface area contributed by atoms with Gasteiger partial charge in [-0.3, -0.25) is 14.4 Å². The molecule has 180 valence electrons. The van der Waals surface area contributed by atoms with E-state index in [0.29, 0.717) is 16.4 Å². The summed E-state index contributed by atoms with van der Waals surface area (Å²) in [6.07, 6.45) is -3.03. The quantitative estimate of drug-likeness (QED) is 0.535. The van der Waals surface area contributed by atoms with Gasteiger partial charge in [0.15, 0.2) is 11.9 Å². The number of fused-ring (bicyclic) bond motifs is 2. The van der Waals surface area contributed by atoms with Gasteiger partial charge in [-0.15, -0.1) is 0 Å². The molecule has 0 radical (unpaired) electrons. The van der Waals surface area contributed by atoms with Crippen LogP contribution in [-0.4, -0.2) is 47.7 Å². The van der Waals surface area contributed by atoms with E-state index < -0.39 is 54.9 Å². The topological polar surface area (TPSA) is 113 Å². The van der Waals surface area contributed by atoms with Crippen LogP contribution in [0.1, 0.15) is 20.3 Å². The highest BCUT2D eigenvalue weighted by Gasteiger charge is 2.35. The molecule has 1 heterocycles. The molecule has 1 aliphatic heterocycles. The highest BCUT2D eigenvalue weighted by atomic mass is 35.5. The molecule has 3 rings (SSSR count). The molecule has 2 unspecified atom stereocenters. The lowest BCUT2D eigenvalue weighted by Crippen LogP contribution is -2.50. The van der Waals surface area contributed by atoms with E-state index in [-0.39, 0.29) is 0 Å². The van der Waals surface area contributed by atoms with Crippen LogP contribution in [-0.2, 0) is 19.1 Å². The lowest BCUT2D eigenvalue weighted by atomic mass is 10.0. The van der Waals surface area contributed by atoms with Crippen LogP contribution in [0.5, 0.6) is 0 Å². The van der Waals surface area contributed by atoms with Gasteiger partial charge in [-0.1, -0.05) is 49.3 Å². The van der Waals surface area contributed by atoms with E-state index in [0.717, 1.165) is 9.79 Å². The molecule has 0 spiro atoms. The zero-order chi connectivity index (χ0) is 25.0. The van der Waals surface area contributed by atoms with Crippen LogP contribution in [0.15, 0.2) is 52.3 Å². The fourth-order valence-corrected chi connectivity index (χ4v) is 4.55. The summed E-state index contributed by atoms with van der Waals surface area (Å²) < 4.78 is 18.4. The van der Waals surface area contributed by atoms with Crippen LogP contribution in [0.3, 0.4) is 0 Å². The third kappa shape index (κ3) is 5.68. The molecule has 8 nitrogen and oxygen atoms in total. The summed E-state index contributed by atoms with van der Waals surface area (Å²) in [7, 11) is 0. The van der Waals surface area contributed by atoms with Gasteiger partial charge in [-0.05, 0) is 36.2 Å². The van der Waals surface area contributed by atoms with Crippen molar-refractivity contribution in [1.82, 2.24) is 5.32 Å². The summed E-state index contributed by atoms with van der Waals surface area (Å²) in [4.78, 5) is 51.9. The molecule has 2 N–H and O–H groups in total. The number of ketones is 1. The Morgan fingerprint density at radius 1 is 1.12 bits per heavy atom. The first-order valence-electron chi connectivity index (χ1n) is 10.3. The number of rotatable bonds is 8. The van der Waals surface area contributed by atoms with Crippen molar-refractivity contribution in [3.8, 4) is 0 Å². The number of anilines is 2. The summed E-state index contributed by atoms with van der Waals surface area (Å²) in [5.74, 6) is -3.92. The number of benzene rings is 2. The van der Waals surface area contributed by atoms with E-state index in [4.69, 9.17) is 21.4 Å². The van der Waals surface area contributed by atoms with Crippen LogP contribution < -0.4 is 10.2 Å². The molecule has 2 amide bonds. The zero-order valence-electron chi connectivity index (χ0n) is 18.3. The van der Waals surface area contributed by atoms with Crippen molar-refractivity contribution in [2.24, 2.45) is 5.92 Å². The molecule has 0 fully saturated rings. The van der Waals surface area contributed by atoms with E-state index in [1.165, 1.54) is 16.7 Å². The van der Waals surface area contributed by atoms with Gasteiger partial charge in [-0.25, -0.2) is 14.1 Å². The van der Waals surface area contributed by atoms with Crippen LogP contribution in [0, 0.1) is 5.92 Å². The predicted molar refractivity (Wildman–Crippen MR) is 124 cm³/mol. The third-order valence-electron chi connectivity index (χ3n) is 4.98. The minimum atomic E-state index is -1.58. The Labute approximate surface area is 204 Å². The Hall–Kier alpha value is -3.11. The van der Waals surface area contributed by atoms with Gasteiger partial charge in [0, 0.05) is 14.8 Å². The summed E-state index contributed by atoms with van der Waals surface area (Å²) in [6.45, 7) is 1.79. The first kappa shape index (κ1) is 25.5. The van der Waals surface area contributed by atoms with Gasteiger partial charge in [0.1, 0.15) is 12.7 Å². The lowest BCUT2D eigenvalue weighted by Gasteiger charge is -2.32. The van der Waals surface area contributed by atoms with Crippen molar-refractivity contribution in [1.29, 1.82) is 0 Å². The predicted octanol–water partition coefficient (Wildman–Crippen LogP) is 4.60. The van der Waals surface area contributed by atoms with Gasteiger partial charge in [0.05, 0.1) is 17.8 Å². The number of aliphatic carboxylic acids is 1. The number of para-hydroxylation sites is 1. The van der Waals surface area contributed by atoms with Crippen LogP contribution >= 0.6 is 23.4 Å². The second-order valence-electron chi connectivity index (χ2n) is 7.82. The number of ether oxygens (including phenoxy) is 1. The minimum absolute atomic E-state index is 0.399. The molecule has 34 heavy (non-hydrogen) atoms. The summed E-state index contributed by atoms with van der Waals surface area (Å²) in [6, 6.07) is 10.6. The average molecular weight is 509 g/mol. The van der Waals surface area contributed by atoms with Crippen molar-refractivity contribution in [2.45, 2.75) is 42.2 Å². The molecule has 0 aromatic heterocycles. The maximum atomic E-state index is 13.4. The average Bonchev–Trinajstić information content (AvgIpc) is 2.79. The fourth-order valence-electron chi connectivity index (χ4n) is 3.35. The molecule has 0 saturated heterocycles. The van der Waals surface area contributed by atoms with E-state index in [2.05, 4.69) is 5.32 Å². The Bertz CT molecular complexity index is 1130. The van der Waals surface area contributed by atoms with E-state index in [9.17, 15) is 23.6 Å². The number of halogens is 2. The maximum Gasteiger partial charge on any atom is 0.419 e. The number of nitrogens with one attached hydrogen (secondary N) is 1. The molecule has 2 atom stereocenters. The van der Waals surface area contributed by atoms with Crippen LogP contribution in [0.4, 0.5) is 20.6 Å². The summed E-state index contributed by atoms with van der Waals surface area (Å²) in [5, 5.41) is 11.6. The molecule has 0 bridgehead atoms. The summed E-state index contributed by atoms with van der Waals surface area (Å²) in [5.41, 5.74) is 1.01. The normalized spacial score (nSPS) is 14.0. The number of carboxylic acids is 1. The molecule has 1 aliphatic rings. The van der Waals surface area contributed by atoms with Crippen molar-refractivity contribution < 1.29 is 33.4 Å². The van der Waals surface area contributed by atoms with Crippen molar-refractivity contribution in [3.63, 3.8) is 0 Å². The number of carbonyl (C=O) groups is 4. The Morgan fingerprint density at radius 3 is 2.44 bits per heavy atom. The molecule has 0 aliphatic carbocycles. The van der Waals surface area contributed by atoms with Crippen molar-refractivity contribution in [2.75, 3.05) is 11.6 Å². The molecular formula is C23H22ClFN2O6S. The number of carboxylic acid groups (broad SMARTS) is 1. The highest BCUT2D eigenvalue weighted by Crippen LogP contribution is 2.49. The number of hydrogen-bond donors (Lipinski definition) is 2. The smallest absolute Gasteiger partial charge is 0.419 e. The molecule has 11 heteroatoms. The zero-order valence-corrected chi connectivity index (χ0v) is 19.9. The Balaban J connectivity index is 1.89. The first-order valence-corrected chi connectivity index (χ1v) is 11.5. The van der Waals surface area contributed by atoms with Crippen LogP contribution in [0.25, 0.3) is 0 Å². The van der Waals surface area contributed by atoms with E-state index in [1.54, 1.807) is 44.2 Å². The SMILES string of the molecule is CC(C)C(OC(=O)N1c2ccccc2Sc2ccc(Cl)cc21)C(=O)NC(CC(=O)O)C(=O)CF. The first-order chi connectivity index (χ1) is 16.1. The number of carbonyl (C=O) groups excluding carboxylic acids is 3. The lowest BCUT2D eigenvalue weighted by molar-refractivity contribution is -0.141. The third-order valence-corrected chi connectivity index (χ3v) is 6.34. The Morgan fingerprint density at radius 2 is 1.79 bits per heavy atom. The van der Waals surface area contributed by atoms with E-state index >= 15 is 0 Å². The number of hydrogen-bond acceptors (Lipinski definition) is 6. The number of alkyl halides is 1. The van der Waals surface area contributed by atoms with Crippen molar-refractivity contribution >= 4 is 58.5 Å². The summed E-state index contributed by atoms with van der Waals surface area (Å²) >= 11 is 7.61. The van der Waals surface area contributed by atoms with Crippen LogP contribution in [0.2, 0.25) is 5.02 Å². The Kier molecular flexibility index (Phi) is 8.16. The van der Waals surface area contributed by atoms with E-state index in [1.807, 2.05) is 12.1 Å². The largest absolute Gasteiger partial charge is 0.481 e. The number of nitrogens with zero attached hydrogens (tertiary/aromatic N) is 1. The molecular weight excluding hydrogens is 487 g/mol. The number of amides is 2. The van der Waals surface area contributed by atoms with Gasteiger partial charge in [0.25, 0.3) is 5.91 Å². The standard InChI is InChI=1S/C23H22ClFN2O6S/c1-12(2)21(22(31)26-14(10-20(29)30)17(28)11-25)33-23(32)27-15-5-3-4-6-18(15)34-19-8-7-13(24)9-16(19)27/h3-9,12,14,21H,10-11H2,1-2H3,(H,26,31)(H,29,30). The monoisotopic (exact) mass is 508 g/mol. The highest BCUT2D eigenvalue weighted by molar-refractivity contribution is 7.99. The second kappa shape index (κ2) is 10.9. The molecule has 0 saturated carbocycles. The van der Waals surface area contributed by atoms with Crippen molar-refractivity contribution in [3.05, 3.63) is 47.5 Å². The van der Waals surface area contributed by atoms with Gasteiger partial charge >= 0.3 is 12.1 Å². The maximum absolute atomic E-state index is 13.4. The number of Topliss-reactive ketones (excluding diaryl/α,β-unsaturated/α-hetero) is 1. The molecule has 2 aromatic carbocycles. The second-order valence-corrected chi connectivity index (χ2v) is 9.34. The van der Waals surface area contributed by atoms with Gasteiger partial charge in [0.2, 0.25) is 0 Å². The minimum Gasteiger partial charge on any atom is -0.481 e. The fraction of sp³-hybridized carbons (Fsp3) is 0.304.